The molecule has 0 aromatic heterocycles. The van der Waals surface area contributed by atoms with Gasteiger partial charge in [0, 0.05) is 11.8 Å². The average molecular weight is 192 g/mol. The fraction of sp³-hybridized carbons (Fsp3) is 0.875. The van der Waals surface area contributed by atoms with Crippen LogP contribution in [0.2, 0.25) is 0 Å². The first-order valence-electron chi connectivity index (χ1n) is 4.43. The van der Waals surface area contributed by atoms with Gasteiger partial charge in [-0.3, -0.25) is 10.2 Å². The van der Waals surface area contributed by atoms with E-state index in [-0.39, 0.29) is 11.8 Å². The summed E-state index contributed by atoms with van der Waals surface area (Å²) < 4.78 is 24.4. The lowest BCUT2D eigenvalue weighted by molar-refractivity contribution is -0.126. The van der Waals surface area contributed by atoms with Crippen molar-refractivity contribution in [1.29, 1.82) is 0 Å². The minimum Gasteiger partial charge on any atom is -0.294 e. The van der Waals surface area contributed by atoms with Crippen LogP contribution in [-0.2, 0) is 4.79 Å². The minimum absolute atomic E-state index is 0.167. The Kier molecular flexibility index (Phi) is 3.59. The summed E-state index contributed by atoms with van der Waals surface area (Å²) in [4.78, 5) is 11.0. The monoisotopic (exact) mass is 192 g/mol. The second kappa shape index (κ2) is 4.50. The van der Waals surface area contributed by atoms with Gasteiger partial charge >= 0.3 is 0 Å². The molecule has 1 amide bonds. The molecule has 0 heterocycles. The Morgan fingerprint density at radius 1 is 1.31 bits per heavy atom. The van der Waals surface area contributed by atoms with Gasteiger partial charge in [0.25, 0.3) is 0 Å². The van der Waals surface area contributed by atoms with Gasteiger partial charge in [0.2, 0.25) is 12.3 Å². The molecule has 3 nitrogen and oxygen atoms in total. The fourth-order valence-corrected chi connectivity index (χ4v) is 1.75. The second-order valence-corrected chi connectivity index (χ2v) is 3.45. The van der Waals surface area contributed by atoms with Crippen LogP contribution >= 0.6 is 0 Å². The number of carbonyl (C=O) groups is 1. The SMILES string of the molecule is NNC(=O)C1CCC(C(F)F)CC1. The van der Waals surface area contributed by atoms with Crippen LogP contribution in [0.4, 0.5) is 8.78 Å². The third kappa shape index (κ3) is 2.62. The average Bonchev–Trinajstić information content (AvgIpc) is 2.17. The molecule has 0 unspecified atom stereocenters. The molecule has 1 aliphatic rings. The Hall–Kier alpha value is -0.710. The third-order valence-corrected chi connectivity index (χ3v) is 2.64. The number of carbonyl (C=O) groups excluding carboxylic acids is 1. The maximum Gasteiger partial charge on any atom is 0.241 e. The number of alkyl halides is 2. The van der Waals surface area contributed by atoms with Crippen molar-refractivity contribution in [1.82, 2.24) is 5.43 Å². The van der Waals surface area contributed by atoms with E-state index in [1.165, 1.54) is 0 Å². The van der Waals surface area contributed by atoms with Crippen molar-refractivity contribution in [3.05, 3.63) is 0 Å². The standard InChI is InChI=1S/C8H14F2N2O/c9-7(10)5-1-3-6(4-2-5)8(13)12-11/h5-7H,1-4,11H2,(H,12,13). The van der Waals surface area contributed by atoms with Crippen molar-refractivity contribution in [2.45, 2.75) is 32.1 Å². The zero-order valence-corrected chi connectivity index (χ0v) is 7.30. The fourth-order valence-electron chi connectivity index (χ4n) is 1.75. The first kappa shape index (κ1) is 10.4. The Labute approximate surface area is 75.6 Å². The predicted molar refractivity (Wildman–Crippen MR) is 43.8 cm³/mol. The van der Waals surface area contributed by atoms with E-state index in [1.54, 1.807) is 0 Å². The molecular formula is C8H14F2N2O. The summed E-state index contributed by atoms with van der Waals surface area (Å²) in [7, 11) is 0. The summed E-state index contributed by atoms with van der Waals surface area (Å²) in [6, 6.07) is 0. The molecule has 1 aliphatic carbocycles. The van der Waals surface area contributed by atoms with Crippen molar-refractivity contribution in [3.63, 3.8) is 0 Å². The van der Waals surface area contributed by atoms with E-state index in [9.17, 15) is 13.6 Å². The molecule has 0 atom stereocenters. The number of rotatable bonds is 2. The van der Waals surface area contributed by atoms with Gasteiger partial charge in [-0.25, -0.2) is 14.6 Å². The molecule has 0 bridgehead atoms. The number of nitrogens with two attached hydrogens (primary N) is 1. The van der Waals surface area contributed by atoms with Crippen molar-refractivity contribution in [2.24, 2.45) is 17.7 Å². The van der Waals surface area contributed by atoms with Gasteiger partial charge in [-0.15, -0.1) is 0 Å². The molecule has 1 fully saturated rings. The highest BCUT2D eigenvalue weighted by atomic mass is 19.3. The van der Waals surface area contributed by atoms with Crippen LogP contribution in [0.1, 0.15) is 25.7 Å². The smallest absolute Gasteiger partial charge is 0.241 e. The van der Waals surface area contributed by atoms with Crippen LogP contribution in [0.5, 0.6) is 0 Å². The molecule has 0 aromatic carbocycles. The predicted octanol–water partition coefficient (Wildman–Crippen LogP) is 1.05. The Balaban J connectivity index is 2.34. The third-order valence-electron chi connectivity index (χ3n) is 2.64. The highest BCUT2D eigenvalue weighted by molar-refractivity contribution is 5.77. The molecule has 0 radical (unpaired) electrons. The first-order chi connectivity index (χ1) is 6.15. The summed E-state index contributed by atoms with van der Waals surface area (Å²) in [5, 5.41) is 0. The molecular weight excluding hydrogens is 178 g/mol. The number of halogens is 2. The molecule has 0 aliphatic heterocycles. The van der Waals surface area contributed by atoms with Crippen molar-refractivity contribution in [2.75, 3.05) is 0 Å². The van der Waals surface area contributed by atoms with Crippen LogP contribution in [-0.4, -0.2) is 12.3 Å². The summed E-state index contributed by atoms with van der Waals surface area (Å²) in [6.07, 6.45) is -0.344. The molecule has 76 valence electrons. The summed E-state index contributed by atoms with van der Waals surface area (Å²) >= 11 is 0. The van der Waals surface area contributed by atoms with Crippen molar-refractivity contribution < 1.29 is 13.6 Å². The van der Waals surface area contributed by atoms with Gasteiger partial charge in [0.1, 0.15) is 0 Å². The van der Waals surface area contributed by atoms with Crippen molar-refractivity contribution >= 4 is 5.91 Å². The van der Waals surface area contributed by atoms with Gasteiger partial charge in [-0.1, -0.05) is 0 Å². The maximum atomic E-state index is 12.2. The Morgan fingerprint density at radius 2 is 1.85 bits per heavy atom. The summed E-state index contributed by atoms with van der Waals surface area (Å²) in [6.45, 7) is 0. The zero-order valence-electron chi connectivity index (χ0n) is 7.30. The van der Waals surface area contributed by atoms with E-state index >= 15 is 0 Å². The molecule has 1 rings (SSSR count). The van der Waals surface area contributed by atoms with E-state index in [2.05, 4.69) is 5.43 Å². The number of amides is 1. The number of hydrazine groups is 1. The van der Waals surface area contributed by atoms with Crippen LogP contribution in [0.3, 0.4) is 0 Å². The molecule has 1 saturated carbocycles. The molecule has 0 saturated heterocycles. The number of hydrogen-bond donors (Lipinski definition) is 2. The lowest BCUT2D eigenvalue weighted by Gasteiger charge is -2.26. The topological polar surface area (TPSA) is 55.1 Å². The highest BCUT2D eigenvalue weighted by Gasteiger charge is 2.30. The summed E-state index contributed by atoms with van der Waals surface area (Å²) in [5.41, 5.74) is 2.05. The molecule has 0 spiro atoms. The number of hydrogen-bond acceptors (Lipinski definition) is 2. The molecule has 13 heavy (non-hydrogen) atoms. The zero-order chi connectivity index (χ0) is 9.84. The van der Waals surface area contributed by atoms with E-state index in [0.717, 1.165) is 0 Å². The summed E-state index contributed by atoms with van der Waals surface area (Å²) in [5.74, 6) is 4.03. The molecule has 0 aromatic rings. The normalized spacial score (nSPS) is 28.9. The van der Waals surface area contributed by atoms with Crippen LogP contribution in [0.15, 0.2) is 0 Å². The van der Waals surface area contributed by atoms with Gasteiger partial charge in [-0.2, -0.15) is 0 Å². The van der Waals surface area contributed by atoms with E-state index in [4.69, 9.17) is 5.84 Å². The van der Waals surface area contributed by atoms with Crippen LogP contribution in [0.25, 0.3) is 0 Å². The van der Waals surface area contributed by atoms with Crippen LogP contribution < -0.4 is 11.3 Å². The maximum absolute atomic E-state index is 12.2. The Bertz CT molecular complexity index is 179. The van der Waals surface area contributed by atoms with E-state index < -0.39 is 12.3 Å². The molecule has 3 N–H and O–H groups in total. The van der Waals surface area contributed by atoms with E-state index in [0.29, 0.717) is 25.7 Å². The molecule has 5 heteroatoms. The van der Waals surface area contributed by atoms with Gasteiger partial charge in [0.15, 0.2) is 0 Å². The lowest BCUT2D eigenvalue weighted by Crippen LogP contribution is -2.38. The largest absolute Gasteiger partial charge is 0.294 e. The van der Waals surface area contributed by atoms with Gasteiger partial charge in [-0.05, 0) is 25.7 Å². The Morgan fingerprint density at radius 3 is 2.23 bits per heavy atom. The van der Waals surface area contributed by atoms with Gasteiger partial charge < -0.3 is 0 Å². The lowest BCUT2D eigenvalue weighted by atomic mass is 9.82. The second-order valence-electron chi connectivity index (χ2n) is 3.45. The van der Waals surface area contributed by atoms with Gasteiger partial charge in [0.05, 0.1) is 0 Å². The highest BCUT2D eigenvalue weighted by Crippen LogP contribution is 2.32. The quantitative estimate of drug-likeness (QED) is 0.390. The minimum atomic E-state index is -2.25. The first-order valence-corrected chi connectivity index (χ1v) is 4.43. The number of nitrogens with one attached hydrogen (secondary N) is 1. The van der Waals surface area contributed by atoms with Crippen LogP contribution in [0, 0.1) is 11.8 Å². The van der Waals surface area contributed by atoms with E-state index in [1.807, 2.05) is 0 Å². The van der Waals surface area contributed by atoms with Crippen molar-refractivity contribution in [3.8, 4) is 0 Å².